The fraction of sp³-hybridized carbons (Fsp3) is 0.462. The Morgan fingerprint density at radius 2 is 1.52 bits per heavy atom. The summed E-state index contributed by atoms with van der Waals surface area (Å²) in [6.45, 7) is 1.67. The standard InChI is InChI=1S/C13H12ClF6NO2/c1-2-21(10(22)7-14)9-5-3-8(4-6-9)11(23,12(15,16)17)13(18,19)20/h3-6,23H,2,7H2,1H3. The van der Waals surface area contributed by atoms with Crippen LogP contribution < -0.4 is 4.90 Å². The monoisotopic (exact) mass is 363 g/mol. The Balaban J connectivity index is 3.33. The average Bonchev–Trinajstić information content (AvgIpc) is 2.45. The molecule has 0 bridgehead atoms. The lowest BCUT2D eigenvalue weighted by Gasteiger charge is -2.33. The molecule has 3 nitrogen and oxygen atoms in total. The zero-order valence-electron chi connectivity index (χ0n) is 11.7. The summed E-state index contributed by atoms with van der Waals surface area (Å²) in [5, 5.41) is 9.25. The maximum Gasteiger partial charge on any atom is 0.430 e. The fourth-order valence-corrected chi connectivity index (χ4v) is 2.09. The molecule has 1 aromatic carbocycles. The summed E-state index contributed by atoms with van der Waals surface area (Å²) < 4.78 is 76.5. The largest absolute Gasteiger partial charge is 0.430 e. The topological polar surface area (TPSA) is 40.5 Å². The predicted octanol–water partition coefficient (Wildman–Crippen LogP) is 3.59. The van der Waals surface area contributed by atoms with Crippen molar-refractivity contribution in [2.75, 3.05) is 17.3 Å². The lowest BCUT2D eigenvalue weighted by Crippen LogP contribution is -2.53. The summed E-state index contributed by atoms with van der Waals surface area (Å²) in [5.74, 6) is -0.964. The highest BCUT2D eigenvalue weighted by Crippen LogP contribution is 2.50. The number of nitrogens with zero attached hydrogens (tertiary/aromatic N) is 1. The summed E-state index contributed by atoms with van der Waals surface area (Å²) in [6.07, 6.45) is -11.9. The van der Waals surface area contributed by atoms with Gasteiger partial charge in [-0.25, -0.2) is 0 Å². The van der Waals surface area contributed by atoms with Gasteiger partial charge in [0.05, 0.1) is 0 Å². The van der Waals surface area contributed by atoms with E-state index in [1.807, 2.05) is 0 Å². The van der Waals surface area contributed by atoms with Crippen LogP contribution >= 0.6 is 11.6 Å². The van der Waals surface area contributed by atoms with E-state index >= 15 is 0 Å². The Bertz CT molecular complexity index is 541. The van der Waals surface area contributed by atoms with Gasteiger partial charge in [-0.15, -0.1) is 11.6 Å². The second-order valence-corrected chi connectivity index (χ2v) is 4.79. The number of hydrogen-bond acceptors (Lipinski definition) is 2. The molecule has 130 valence electrons. The van der Waals surface area contributed by atoms with Crippen molar-refractivity contribution in [3.63, 3.8) is 0 Å². The Morgan fingerprint density at radius 1 is 1.09 bits per heavy atom. The van der Waals surface area contributed by atoms with E-state index in [0.29, 0.717) is 12.1 Å². The van der Waals surface area contributed by atoms with Crippen LogP contribution in [0.1, 0.15) is 12.5 Å². The van der Waals surface area contributed by atoms with Crippen LogP contribution in [0.2, 0.25) is 0 Å². The highest BCUT2D eigenvalue weighted by atomic mass is 35.5. The SMILES string of the molecule is CCN(C(=O)CCl)c1ccc(C(O)(C(F)(F)F)C(F)(F)F)cc1. The lowest BCUT2D eigenvalue weighted by atomic mass is 9.92. The average molecular weight is 364 g/mol. The number of halogens is 7. The molecule has 0 saturated heterocycles. The first-order valence-corrected chi connectivity index (χ1v) is 6.76. The molecule has 1 aromatic rings. The minimum Gasteiger partial charge on any atom is -0.369 e. The van der Waals surface area contributed by atoms with E-state index in [2.05, 4.69) is 0 Å². The van der Waals surface area contributed by atoms with Crippen LogP contribution in [0, 0.1) is 0 Å². The highest BCUT2D eigenvalue weighted by Gasteiger charge is 2.71. The maximum absolute atomic E-state index is 12.7. The Kier molecular flexibility index (Phi) is 5.58. The van der Waals surface area contributed by atoms with Crippen molar-refractivity contribution in [3.05, 3.63) is 29.8 Å². The third-order valence-corrected chi connectivity index (χ3v) is 3.38. The fourth-order valence-electron chi connectivity index (χ4n) is 1.95. The van der Waals surface area contributed by atoms with Gasteiger partial charge in [-0.1, -0.05) is 12.1 Å². The normalized spacial score (nSPS) is 13.1. The number of anilines is 1. The van der Waals surface area contributed by atoms with Gasteiger partial charge >= 0.3 is 12.4 Å². The molecule has 1 N–H and O–H groups in total. The molecule has 0 heterocycles. The minimum absolute atomic E-state index is 0.0635. The molecule has 0 aliphatic rings. The first-order chi connectivity index (χ1) is 10.4. The molecule has 0 saturated carbocycles. The van der Waals surface area contributed by atoms with Crippen molar-refractivity contribution in [2.45, 2.75) is 24.9 Å². The Morgan fingerprint density at radius 3 is 1.83 bits per heavy atom. The molecule has 0 radical (unpaired) electrons. The van der Waals surface area contributed by atoms with E-state index in [0.717, 1.165) is 17.0 Å². The molecule has 0 aliphatic heterocycles. The van der Waals surface area contributed by atoms with Crippen LogP contribution in [-0.4, -0.2) is 35.8 Å². The summed E-state index contributed by atoms with van der Waals surface area (Å²) >= 11 is 5.37. The molecule has 10 heteroatoms. The molecule has 23 heavy (non-hydrogen) atoms. The summed E-state index contributed by atoms with van der Waals surface area (Å²) in [5.41, 5.74) is -6.32. The van der Waals surface area contributed by atoms with E-state index in [9.17, 15) is 36.2 Å². The zero-order chi connectivity index (χ0) is 18.1. The maximum atomic E-state index is 12.7. The predicted molar refractivity (Wildman–Crippen MR) is 71.2 cm³/mol. The van der Waals surface area contributed by atoms with Gasteiger partial charge in [0.1, 0.15) is 5.88 Å². The van der Waals surface area contributed by atoms with E-state index in [-0.39, 0.29) is 12.2 Å². The number of alkyl halides is 7. The molecular formula is C13H12ClF6NO2. The van der Waals surface area contributed by atoms with Crippen LogP contribution in [0.4, 0.5) is 32.0 Å². The van der Waals surface area contributed by atoms with Gasteiger partial charge in [0, 0.05) is 17.8 Å². The molecular weight excluding hydrogens is 352 g/mol. The quantitative estimate of drug-likeness (QED) is 0.656. The summed E-state index contributed by atoms with van der Waals surface area (Å²) in [4.78, 5) is 12.6. The molecule has 1 rings (SSSR count). The smallest absolute Gasteiger partial charge is 0.369 e. The molecule has 1 amide bonds. The minimum atomic E-state index is -5.96. The van der Waals surface area contributed by atoms with E-state index in [1.165, 1.54) is 0 Å². The number of hydrogen-bond donors (Lipinski definition) is 1. The number of carbonyl (C=O) groups excluding carboxylic acids is 1. The summed E-state index contributed by atoms with van der Waals surface area (Å²) in [7, 11) is 0. The van der Waals surface area contributed by atoms with Gasteiger partial charge in [-0.3, -0.25) is 4.79 Å². The van der Waals surface area contributed by atoms with Crippen molar-refractivity contribution in [2.24, 2.45) is 0 Å². The molecule has 0 spiro atoms. The van der Waals surface area contributed by atoms with Crippen molar-refractivity contribution < 1.29 is 36.2 Å². The highest BCUT2D eigenvalue weighted by molar-refractivity contribution is 6.29. The van der Waals surface area contributed by atoms with E-state index in [1.54, 1.807) is 6.92 Å². The van der Waals surface area contributed by atoms with Crippen LogP contribution in [0.3, 0.4) is 0 Å². The van der Waals surface area contributed by atoms with Crippen molar-refractivity contribution >= 4 is 23.2 Å². The second-order valence-electron chi connectivity index (χ2n) is 4.52. The molecule has 0 fully saturated rings. The first-order valence-electron chi connectivity index (χ1n) is 6.22. The van der Waals surface area contributed by atoms with Gasteiger partial charge < -0.3 is 10.0 Å². The molecule has 0 unspecified atom stereocenters. The van der Waals surface area contributed by atoms with Crippen LogP contribution in [0.15, 0.2) is 24.3 Å². The van der Waals surface area contributed by atoms with Crippen LogP contribution in [0.5, 0.6) is 0 Å². The summed E-state index contributed by atoms with van der Waals surface area (Å²) in [6, 6.07) is 2.71. The van der Waals surface area contributed by atoms with Gasteiger partial charge in [0.2, 0.25) is 5.91 Å². The number of aliphatic hydroxyl groups is 1. The number of carbonyl (C=O) groups is 1. The van der Waals surface area contributed by atoms with Crippen molar-refractivity contribution in [3.8, 4) is 0 Å². The second kappa shape index (κ2) is 6.56. The van der Waals surface area contributed by atoms with E-state index < -0.39 is 35.3 Å². The van der Waals surface area contributed by atoms with Gasteiger partial charge in [-0.2, -0.15) is 26.3 Å². The van der Waals surface area contributed by atoms with Gasteiger partial charge in [0.25, 0.3) is 5.60 Å². The van der Waals surface area contributed by atoms with Crippen LogP contribution in [0.25, 0.3) is 0 Å². The van der Waals surface area contributed by atoms with Crippen molar-refractivity contribution in [1.29, 1.82) is 0 Å². The van der Waals surface area contributed by atoms with Crippen LogP contribution in [-0.2, 0) is 10.4 Å². The molecule has 0 aromatic heterocycles. The number of rotatable bonds is 4. The van der Waals surface area contributed by atoms with E-state index in [4.69, 9.17) is 11.6 Å². The van der Waals surface area contributed by atoms with Crippen molar-refractivity contribution in [1.82, 2.24) is 0 Å². The van der Waals surface area contributed by atoms with Gasteiger partial charge in [0.15, 0.2) is 0 Å². The first kappa shape index (κ1) is 19.6. The third kappa shape index (κ3) is 3.55. The Labute approximate surface area is 132 Å². The molecule has 0 aliphatic carbocycles. The third-order valence-electron chi connectivity index (χ3n) is 3.15. The Hall–Kier alpha value is -1.48. The number of benzene rings is 1. The number of amides is 1. The van der Waals surface area contributed by atoms with Gasteiger partial charge in [-0.05, 0) is 19.1 Å². The zero-order valence-corrected chi connectivity index (χ0v) is 12.4. The lowest BCUT2D eigenvalue weighted by molar-refractivity contribution is -0.376. The molecule has 0 atom stereocenters.